The highest BCUT2D eigenvalue weighted by atomic mass is 16.2. The van der Waals surface area contributed by atoms with Crippen molar-refractivity contribution in [3.8, 4) is 0 Å². The van der Waals surface area contributed by atoms with Gasteiger partial charge in [0.2, 0.25) is 11.8 Å². The van der Waals surface area contributed by atoms with E-state index >= 15 is 0 Å². The zero-order chi connectivity index (χ0) is 16.4. The number of urea groups is 1. The standard InChI is InChI=1S/C16H28N2O3/c1-15(2,3)7-9-17-12(19)11-13(20)18(14(17)21)10-8-16(4,5)6/h7-11H2,1-6H3. The fraction of sp³-hybridized carbons (Fsp3) is 0.812. The van der Waals surface area contributed by atoms with Crippen molar-refractivity contribution >= 4 is 17.8 Å². The van der Waals surface area contributed by atoms with Gasteiger partial charge < -0.3 is 0 Å². The molecule has 1 aliphatic heterocycles. The van der Waals surface area contributed by atoms with Gasteiger partial charge in [-0.05, 0) is 23.7 Å². The summed E-state index contributed by atoms with van der Waals surface area (Å²) in [7, 11) is 0. The van der Waals surface area contributed by atoms with Crippen molar-refractivity contribution in [1.29, 1.82) is 0 Å². The van der Waals surface area contributed by atoms with Crippen molar-refractivity contribution < 1.29 is 14.4 Å². The maximum Gasteiger partial charge on any atom is 0.333 e. The van der Waals surface area contributed by atoms with Crippen LogP contribution in [0, 0.1) is 10.8 Å². The van der Waals surface area contributed by atoms with Crippen molar-refractivity contribution in [1.82, 2.24) is 9.80 Å². The van der Waals surface area contributed by atoms with Gasteiger partial charge in [-0.3, -0.25) is 19.4 Å². The van der Waals surface area contributed by atoms with Crippen molar-refractivity contribution in [2.45, 2.75) is 60.8 Å². The highest BCUT2D eigenvalue weighted by Gasteiger charge is 2.38. The smallest absolute Gasteiger partial charge is 0.274 e. The molecule has 1 rings (SSSR count). The van der Waals surface area contributed by atoms with Crippen LogP contribution in [0.5, 0.6) is 0 Å². The van der Waals surface area contributed by atoms with Crippen LogP contribution in [0.15, 0.2) is 0 Å². The van der Waals surface area contributed by atoms with E-state index in [1.54, 1.807) is 0 Å². The van der Waals surface area contributed by atoms with Crippen LogP contribution in [-0.4, -0.2) is 40.7 Å². The number of barbiturate groups is 1. The quantitative estimate of drug-likeness (QED) is 0.749. The van der Waals surface area contributed by atoms with E-state index in [1.807, 2.05) is 0 Å². The van der Waals surface area contributed by atoms with Crippen LogP contribution in [0.25, 0.3) is 0 Å². The topological polar surface area (TPSA) is 57.7 Å². The predicted molar refractivity (Wildman–Crippen MR) is 81.6 cm³/mol. The predicted octanol–water partition coefficient (Wildman–Crippen LogP) is 3.04. The SMILES string of the molecule is CC(C)(C)CCN1C(=O)CC(=O)N(CCC(C)(C)C)C1=O. The Morgan fingerprint density at radius 3 is 1.38 bits per heavy atom. The van der Waals surface area contributed by atoms with E-state index in [-0.39, 0.29) is 29.1 Å². The Hall–Kier alpha value is -1.39. The maximum absolute atomic E-state index is 12.4. The summed E-state index contributed by atoms with van der Waals surface area (Å²) in [6, 6.07) is -0.454. The molecule has 0 spiro atoms. The second kappa shape index (κ2) is 6.16. The Morgan fingerprint density at radius 2 is 1.10 bits per heavy atom. The molecular formula is C16H28N2O3. The number of hydrogen-bond acceptors (Lipinski definition) is 3. The second-order valence-corrected chi connectivity index (χ2v) is 8.17. The van der Waals surface area contributed by atoms with Crippen LogP contribution in [0.4, 0.5) is 4.79 Å². The first-order valence-electron chi connectivity index (χ1n) is 7.55. The summed E-state index contributed by atoms with van der Waals surface area (Å²) in [4.78, 5) is 38.7. The van der Waals surface area contributed by atoms with Crippen molar-refractivity contribution in [3.05, 3.63) is 0 Å². The van der Waals surface area contributed by atoms with Gasteiger partial charge in [0.15, 0.2) is 0 Å². The largest absolute Gasteiger partial charge is 0.333 e. The number of nitrogens with zero attached hydrogens (tertiary/aromatic N) is 2. The Kier molecular flexibility index (Phi) is 5.18. The molecule has 0 radical (unpaired) electrons. The second-order valence-electron chi connectivity index (χ2n) is 8.17. The average Bonchev–Trinajstić information content (AvgIpc) is 2.24. The molecule has 1 aliphatic rings. The first kappa shape index (κ1) is 17.7. The molecule has 1 heterocycles. The monoisotopic (exact) mass is 296 g/mol. The molecule has 0 bridgehead atoms. The number of amides is 4. The minimum absolute atomic E-state index is 0.0399. The van der Waals surface area contributed by atoms with Crippen molar-refractivity contribution in [2.75, 3.05) is 13.1 Å². The van der Waals surface area contributed by atoms with E-state index in [2.05, 4.69) is 41.5 Å². The van der Waals surface area contributed by atoms with E-state index in [0.717, 1.165) is 12.8 Å². The molecule has 4 amide bonds. The van der Waals surface area contributed by atoms with Crippen LogP contribution in [-0.2, 0) is 9.59 Å². The summed E-state index contributed by atoms with van der Waals surface area (Å²) < 4.78 is 0. The normalized spacial score (nSPS) is 17.7. The highest BCUT2D eigenvalue weighted by molar-refractivity contribution is 6.14. The van der Waals surface area contributed by atoms with Crippen LogP contribution >= 0.6 is 0 Å². The third-order valence-electron chi connectivity index (χ3n) is 3.54. The summed E-state index contributed by atoms with van der Waals surface area (Å²) in [5.41, 5.74) is 0.0799. The lowest BCUT2D eigenvalue weighted by Crippen LogP contribution is -2.55. The Labute approximate surface area is 127 Å². The average molecular weight is 296 g/mol. The minimum Gasteiger partial charge on any atom is -0.274 e. The number of imide groups is 2. The van der Waals surface area contributed by atoms with Gasteiger partial charge in [-0.2, -0.15) is 0 Å². The third kappa shape index (κ3) is 5.48. The molecule has 0 aliphatic carbocycles. The fourth-order valence-corrected chi connectivity index (χ4v) is 2.01. The zero-order valence-electron chi connectivity index (χ0n) is 14.2. The number of rotatable bonds is 4. The summed E-state index contributed by atoms with van der Waals surface area (Å²) >= 11 is 0. The van der Waals surface area contributed by atoms with Gasteiger partial charge in [-0.25, -0.2) is 4.79 Å². The first-order chi connectivity index (χ1) is 9.41. The van der Waals surface area contributed by atoms with E-state index in [9.17, 15) is 14.4 Å². The zero-order valence-corrected chi connectivity index (χ0v) is 14.2. The molecule has 0 aromatic heterocycles. The number of carbonyl (C=O) groups excluding carboxylic acids is 3. The molecule has 1 fully saturated rings. The van der Waals surface area contributed by atoms with E-state index in [0.29, 0.717) is 13.1 Å². The molecule has 5 nitrogen and oxygen atoms in total. The molecule has 5 heteroatoms. The summed E-state index contributed by atoms with van der Waals surface area (Å²) in [6.07, 6.45) is 1.26. The van der Waals surface area contributed by atoms with Gasteiger partial charge in [0.25, 0.3) is 0 Å². The van der Waals surface area contributed by atoms with Crippen molar-refractivity contribution in [3.63, 3.8) is 0 Å². The molecule has 120 valence electrons. The van der Waals surface area contributed by atoms with Gasteiger partial charge in [-0.15, -0.1) is 0 Å². The Bertz CT molecular complexity index is 392. The molecule has 0 unspecified atom stereocenters. The lowest BCUT2D eigenvalue weighted by atomic mass is 9.91. The van der Waals surface area contributed by atoms with Gasteiger partial charge in [-0.1, -0.05) is 41.5 Å². The highest BCUT2D eigenvalue weighted by Crippen LogP contribution is 2.23. The molecule has 1 saturated heterocycles. The lowest BCUT2D eigenvalue weighted by Gasteiger charge is -2.35. The molecular weight excluding hydrogens is 268 g/mol. The van der Waals surface area contributed by atoms with Crippen LogP contribution < -0.4 is 0 Å². The first-order valence-corrected chi connectivity index (χ1v) is 7.55. The van der Waals surface area contributed by atoms with E-state index in [4.69, 9.17) is 0 Å². The molecule has 21 heavy (non-hydrogen) atoms. The third-order valence-corrected chi connectivity index (χ3v) is 3.54. The van der Waals surface area contributed by atoms with Crippen molar-refractivity contribution in [2.24, 2.45) is 10.8 Å². The van der Waals surface area contributed by atoms with E-state index in [1.165, 1.54) is 9.80 Å². The lowest BCUT2D eigenvalue weighted by molar-refractivity contribution is -0.142. The fourth-order valence-electron chi connectivity index (χ4n) is 2.01. The molecule has 0 aromatic rings. The Balaban J connectivity index is 2.75. The summed E-state index contributed by atoms with van der Waals surface area (Å²) in [5.74, 6) is -0.748. The van der Waals surface area contributed by atoms with Crippen LogP contribution in [0.1, 0.15) is 60.8 Å². The molecule has 0 saturated carbocycles. The number of hydrogen-bond donors (Lipinski definition) is 0. The minimum atomic E-state index is -0.454. The Morgan fingerprint density at radius 1 is 0.762 bits per heavy atom. The van der Waals surface area contributed by atoms with Crippen LogP contribution in [0.3, 0.4) is 0 Å². The number of carbonyl (C=O) groups is 3. The molecule has 0 N–H and O–H groups in total. The van der Waals surface area contributed by atoms with E-state index < -0.39 is 6.03 Å². The van der Waals surface area contributed by atoms with Crippen LogP contribution in [0.2, 0.25) is 0 Å². The summed E-state index contributed by atoms with van der Waals surface area (Å²) in [5, 5.41) is 0. The summed E-state index contributed by atoms with van der Waals surface area (Å²) in [6.45, 7) is 13.1. The maximum atomic E-state index is 12.4. The molecule has 0 aromatic carbocycles. The molecule has 0 atom stereocenters. The van der Waals surface area contributed by atoms with Gasteiger partial charge >= 0.3 is 6.03 Å². The van der Waals surface area contributed by atoms with Gasteiger partial charge in [0.05, 0.1) is 0 Å². The van der Waals surface area contributed by atoms with Gasteiger partial charge in [0, 0.05) is 13.1 Å². The van der Waals surface area contributed by atoms with Gasteiger partial charge in [0.1, 0.15) is 6.42 Å².